The summed E-state index contributed by atoms with van der Waals surface area (Å²) in [5.74, 6) is 0.502. The van der Waals surface area contributed by atoms with Crippen LogP contribution in [0.15, 0.2) is 22.7 Å². The largest absolute Gasteiger partial charge is 0.192 e. The maximum atomic E-state index is 8.75. The Hall–Kier alpha value is -0.560. The molecule has 70 valence electrons. The predicted molar refractivity (Wildman–Crippen MR) is 63.8 cm³/mol. The van der Waals surface area contributed by atoms with Crippen molar-refractivity contribution < 1.29 is 0 Å². The second-order valence-electron chi connectivity index (χ2n) is 2.80. The first-order chi connectivity index (χ1) is 6.76. The number of benzene rings is 1. The van der Waals surface area contributed by atoms with E-state index in [0.29, 0.717) is 11.4 Å². The summed E-state index contributed by atoms with van der Waals surface area (Å²) in [5.41, 5.74) is 0.687. The van der Waals surface area contributed by atoms with Gasteiger partial charge >= 0.3 is 0 Å². The van der Waals surface area contributed by atoms with Crippen molar-refractivity contribution in [3.05, 3.63) is 33.1 Å². The summed E-state index contributed by atoms with van der Waals surface area (Å²) in [7, 11) is 0. The standard InChI is InChI=1S/C10H5BrClNS/c11-10-7-2-1-6(5-13)3-8(7)14-9(10)4-12/h1-3H,4H2. The zero-order valence-electron chi connectivity index (χ0n) is 7.05. The van der Waals surface area contributed by atoms with Crippen LogP contribution in [0.4, 0.5) is 0 Å². The van der Waals surface area contributed by atoms with Gasteiger partial charge in [-0.25, -0.2) is 0 Å². The Morgan fingerprint density at radius 3 is 2.93 bits per heavy atom. The van der Waals surface area contributed by atoms with Gasteiger partial charge in [-0.2, -0.15) is 5.26 Å². The van der Waals surface area contributed by atoms with Gasteiger partial charge < -0.3 is 0 Å². The zero-order chi connectivity index (χ0) is 10.1. The quantitative estimate of drug-likeness (QED) is 0.718. The van der Waals surface area contributed by atoms with Crippen LogP contribution in [0.2, 0.25) is 0 Å². The van der Waals surface area contributed by atoms with Gasteiger partial charge in [0, 0.05) is 19.4 Å². The molecule has 0 N–H and O–H groups in total. The molecule has 0 saturated carbocycles. The number of hydrogen-bond acceptors (Lipinski definition) is 2. The lowest BCUT2D eigenvalue weighted by Crippen LogP contribution is -1.71. The summed E-state index contributed by atoms with van der Waals surface area (Å²) < 4.78 is 2.16. The maximum Gasteiger partial charge on any atom is 0.0992 e. The molecule has 2 rings (SSSR count). The molecule has 1 aromatic heterocycles. The van der Waals surface area contributed by atoms with E-state index in [4.69, 9.17) is 16.9 Å². The fraction of sp³-hybridized carbons (Fsp3) is 0.100. The lowest BCUT2D eigenvalue weighted by molar-refractivity contribution is 1.49. The van der Waals surface area contributed by atoms with Crippen molar-refractivity contribution in [2.24, 2.45) is 0 Å². The fourth-order valence-corrected chi connectivity index (χ4v) is 3.58. The Morgan fingerprint density at radius 2 is 2.29 bits per heavy atom. The van der Waals surface area contributed by atoms with Crippen molar-refractivity contribution in [3.8, 4) is 6.07 Å². The fourth-order valence-electron chi connectivity index (χ4n) is 1.27. The highest BCUT2D eigenvalue weighted by molar-refractivity contribution is 9.10. The van der Waals surface area contributed by atoms with Crippen molar-refractivity contribution in [2.45, 2.75) is 5.88 Å². The molecule has 1 nitrogen and oxygen atoms in total. The number of thiophene rings is 1. The van der Waals surface area contributed by atoms with Gasteiger partial charge in [-0.1, -0.05) is 6.07 Å². The summed E-state index contributed by atoms with van der Waals surface area (Å²) >= 11 is 10.9. The molecule has 0 spiro atoms. The first-order valence-corrected chi connectivity index (χ1v) is 6.07. The zero-order valence-corrected chi connectivity index (χ0v) is 10.2. The van der Waals surface area contributed by atoms with Crippen molar-refractivity contribution in [3.63, 3.8) is 0 Å². The molecule has 0 aliphatic rings. The number of hydrogen-bond donors (Lipinski definition) is 0. The van der Waals surface area contributed by atoms with Crippen molar-refractivity contribution in [1.82, 2.24) is 0 Å². The molecule has 0 aliphatic heterocycles. The van der Waals surface area contributed by atoms with Gasteiger partial charge in [-0.15, -0.1) is 22.9 Å². The molecule has 1 aromatic carbocycles. The molecule has 0 saturated heterocycles. The van der Waals surface area contributed by atoms with E-state index in [2.05, 4.69) is 22.0 Å². The highest BCUT2D eigenvalue weighted by atomic mass is 79.9. The van der Waals surface area contributed by atoms with E-state index in [9.17, 15) is 0 Å². The summed E-state index contributed by atoms with van der Waals surface area (Å²) in [5, 5.41) is 9.88. The number of fused-ring (bicyclic) bond motifs is 1. The molecule has 0 atom stereocenters. The topological polar surface area (TPSA) is 23.8 Å². The van der Waals surface area contributed by atoms with E-state index in [0.717, 1.165) is 19.4 Å². The van der Waals surface area contributed by atoms with E-state index in [1.54, 1.807) is 11.3 Å². The van der Waals surface area contributed by atoms with Crippen LogP contribution in [-0.2, 0) is 5.88 Å². The van der Waals surface area contributed by atoms with Crippen LogP contribution in [0.1, 0.15) is 10.4 Å². The summed E-state index contributed by atoms with van der Waals surface area (Å²) in [6.45, 7) is 0. The molecular formula is C10H5BrClNS. The second kappa shape index (κ2) is 3.90. The van der Waals surface area contributed by atoms with E-state index < -0.39 is 0 Å². The Balaban J connectivity index is 2.74. The third-order valence-corrected chi connectivity index (χ3v) is 4.69. The number of alkyl halides is 1. The van der Waals surface area contributed by atoms with E-state index >= 15 is 0 Å². The molecule has 4 heteroatoms. The predicted octanol–water partition coefficient (Wildman–Crippen LogP) is 4.27. The third-order valence-electron chi connectivity index (χ3n) is 1.95. The minimum absolute atomic E-state index is 0.502. The average molecular weight is 287 g/mol. The van der Waals surface area contributed by atoms with Crippen molar-refractivity contribution in [1.29, 1.82) is 5.26 Å². The van der Waals surface area contributed by atoms with Crippen molar-refractivity contribution >= 4 is 49.0 Å². The molecule has 0 amide bonds. The second-order valence-corrected chi connectivity index (χ2v) is 4.99. The Morgan fingerprint density at radius 1 is 1.50 bits per heavy atom. The van der Waals surface area contributed by atoms with Gasteiger partial charge in [0.25, 0.3) is 0 Å². The van der Waals surface area contributed by atoms with Gasteiger partial charge in [-0.3, -0.25) is 0 Å². The maximum absolute atomic E-state index is 8.75. The molecule has 1 heterocycles. The molecule has 0 unspecified atom stereocenters. The highest BCUT2D eigenvalue weighted by Crippen LogP contribution is 2.36. The highest BCUT2D eigenvalue weighted by Gasteiger charge is 2.08. The Labute approximate surface area is 99.0 Å². The molecule has 0 fully saturated rings. The lowest BCUT2D eigenvalue weighted by atomic mass is 10.2. The van der Waals surface area contributed by atoms with Gasteiger partial charge in [0.15, 0.2) is 0 Å². The average Bonchev–Trinajstić information content (AvgIpc) is 2.55. The molecule has 14 heavy (non-hydrogen) atoms. The van der Waals surface area contributed by atoms with Crippen LogP contribution in [-0.4, -0.2) is 0 Å². The first kappa shape index (κ1) is 9.97. The van der Waals surface area contributed by atoms with Crippen LogP contribution in [0.3, 0.4) is 0 Å². The minimum Gasteiger partial charge on any atom is -0.192 e. The van der Waals surface area contributed by atoms with Crippen LogP contribution in [0.5, 0.6) is 0 Å². The Kier molecular flexibility index (Phi) is 2.78. The molecule has 0 radical (unpaired) electrons. The van der Waals surface area contributed by atoms with Crippen molar-refractivity contribution in [2.75, 3.05) is 0 Å². The summed E-state index contributed by atoms with van der Waals surface area (Å²) in [6, 6.07) is 7.78. The molecular weight excluding hydrogens is 282 g/mol. The monoisotopic (exact) mass is 285 g/mol. The number of nitrogens with zero attached hydrogens (tertiary/aromatic N) is 1. The van der Waals surface area contributed by atoms with Crippen LogP contribution in [0.25, 0.3) is 10.1 Å². The van der Waals surface area contributed by atoms with E-state index in [1.807, 2.05) is 18.2 Å². The van der Waals surface area contributed by atoms with Gasteiger partial charge in [0.1, 0.15) is 0 Å². The van der Waals surface area contributed by atoms with E-state index in [-0.39, 0.29) is 0 Å². The normalized spacial score (nSPS) is 10.4. The summed E-state index contributed by atoms with van der Waals surface area (Å²) in [6.07, 6.45) is 0. The Bertz CT molecular complexity index is 527. The van der Waals surface area contributed by atoms with Gasteiger partial charge in [0.2, 0.25) is 0 Å². The van der Waals surface area contributed by atoms with Gasteiger partial charge in [0.05, 0.1) is 17.5 Å². The minimum atomic E-state index is 0.502. The van der Waals surface area contributed by atoms with E-state index in [1.165, 1.54) is 0 Å². The first-order valence-electron chi connectivity index (χ1n) is 3.93. The molecule has 2 aromatic rings. The number of halogens is 2. The number of rotatable bonds is 1. The van der Waals surface area contributed by atoms with Gasteiger partial charge in [-0.05, 0) is 28.1 Å². The number of nitriles is 1. The smallest absolute Gasteiger partial charge is 0.0992 e. The SMILES string of the molecule is N#Cc1ccc2c(Br)c(CCl)sc2c1. The summed E-state index contributed by atoms with van der Waals surface area (Å²) in [4.78, 5) is 1.11. The molecule has 0 aliphatic carbocycles. The third kappa shape index (κ3) is 1.54. The van der Waals surface area contributed by atoms with Crippen LogP contribution >= 0.6 is 38.9 Å². The molecule has 0 bridgehead atoms. The lowest BCUT2D eigenvalue weighted by Gasteiger charge is -1.90. The van der Waals surface area contributed by atoms with Crippen LogP contribution < -0.4 is 0 Å². The van der Waals surface area contributed by atoms with Crippen LogP contribution in [0, 0.1) is 11.3 Å².